The van der Waals surface area contributed by atoms with Gasteiger partial charge in [-0.25, -0.2) is 4.98 Å². The fourth-order valence-corrected chi connectivity index (χ4v) is 2.73. The zero-order valence-electron chi connectivity index (χ0n) is 13.4. The van der Waals surface area contributed by atoms with Gasteiger partial charge in [0.1, 0.15) is 5.82 Å². The summed E-state index contributed by atoms with van der Waals surface area (Å²) in [6, 6.07) is 17.3. The Balaban J connectivity index is 1.93. The van der Waals surface area contributed by atoms with Crippen molar-refractivity contribution in [3.8, 4) is 11.1 Å². The minimum atomic E-state index is -0.243. The molecule has 0 saturated heterocycles. The van der Waals surface area contributed by atoms with Crippen LogP contribution in [-0.2, 0) is 0 Å². The minimum Gasteiger partial charge on any atom is -0.290 e. The number of carbonyl (C=O) groups is 1. The van der Waals surface area contributed by atoms with Crippen LogP contribution in [0, 0.1) is 6.92 Å². The first-order chi connectivity index (χ1) is 11.7. The van der Waals surface area contributed by atoms with Crippen LogP contribution in [0.15, 0.2) is 59.8 Å². The van der Waals surface area contributed by atoms with E-state index < -0.39 is 0 Å². The van der Waals surface area contributed by atoms with Crippen LogP contribution in [0.1, 0.15) is 16.2 Å². The Morgan fingerprint density at radius 3 is 2.42 bits per heavy atom. The second-order valence-electron chi connectivity index (χ2n) is 5.06. The molecule has 0 radical (unpaired) electrons. The van der Waals surface area contributed by atoms with Crippen molar-refractivity contribution < 1.29 is 4.79 Å². The smallest absolute Gasteiger partial charge is 0.258 e. The van der Waals surface area contributed by atoms with Crippen molar-refractivity contribution >= 4 is 23.6 Å². The highest BCUT2D eigenvalue weighted by atomic mass is 32.2. The normalized spacial score (nSPS) is 10.4. The molecule has 1 aromatic heterocycles. The van der Waals surface area contributed by atoms with E-state index in [4.69, 9.17) is 0 Å². The molecule has 0 bridgehead atoms. The molecule has 2 aromatic carbocycles. The van der Waals surface area contributed by atoms with Gasteiger partial charge in [0.15, 0.2) is 5.16 Å². The highest BCUT2D eigenvalue weighted by Crippen LogP contribution is 2.24. The molecule has 1 N–H and O–H groups in total. The molecule has 1 amide bonds. The van der Waals surface area contributed by atoms with Gasteiger partial charge >= 0.3 is 0 Å². The van der Waals surface area contributed by atoms with Crippen molar-refractivity contribution in [2.75, 3.05) is 11.6 Å². The molecule has 0 aliphatic rings. The quantitative estimate of drug-likeness (QED) is 0.734. The number of aryl methyl sites for hydroxylation is 1. The molecule has 1 heterocycles. The summed E-state index contributed by atoms with van der Waals surface area (Å²) in [5.41, 5.74) is 2.43. The number of aromatic nitrogens is 3. The Hall–Kier alpha value is -2.73. The van der Waals surface area contributed by atoms with Gasteiger partial charge in [0.25, 0.3) is 5.91 Å². The maximum Gasteiger partial charge on any atom is 0.258 e. The number of thioether (sulfide) groups is 1. The van der Waals surface area contributed by atoms with Crippen LogP contribution in [0.5, 0.6) is 0 Å². The van der Waals surface area contributed by atoms with Crippen molar-refractivity contribution in [1.82, 2.24) is 15.0 Å². The molecule has 3 aromatic rings. The average molecular weight is 336 g/mol. The Morgan fingerprint density at radius 2 is 1.67 bits per heavy atom. The molecule has 0 saturated carbocycles. The lowest BCUT2D eigenvalue weighted by Crippen LogP contribution is -2.16. The molecular weight excluding hydrogens is 320 g/mol. The number of hydrogen-bond acceptors (Lipinski definition) is 5. The number of rotatable bonds is 4. The van der Waals surface area contributed by atoms with Gasteiger partial charge in [-0.15, -0.1) is 0 Å². The van der Waals surface area contributed by atoms with Crippen LogP contribution in [0.2, 0.25) is 0 Å². The largest absolute Gasteiger partial charge is 0.290 e. The van der Waals surface area contributed by atoms with E-state index in [9.17, 15) is 4.79 Å². The van der Waals surface area contributed by atoms with E-state index in [-0.39, 0.29) is 11.9 Å². The summed E-state index contributed by atoms with van der Waals surface area (Å²) in [5.74, 6) is 0.591. The molecule has 0 spiro atoms. The third-order valence-corrected chi connectivity index (χ3v) is 3.94. The molecule has 0 fully saturated rings. The van der Waals surface area contributed by atoms with E-state index >= 15 is 0 Å². The molecule has 3 rings (SSSR count). The SMILES string of the molecule is CSc1nc(C)nc(NC(=O)c2ccccc2-c2ccccc2)n1. The van der Waals surface area contributed by atoms with Gasteiger partial charge in [-0.3, -0.25) is 10.1 Å². The number of nitrogens with one attached hydrogen (secondary N) is 1. The second-order valence-corrected chi connectivity index (χ2v) is 5.83. The van der Waals surface area contributed by atoms with Crippen LogP contribution in [0.3, 0.4) is 0 Å². The van der Waals surface area contributed by atoms with Crippen LogP contribution < -0.4 is 5.32 Å². The van der Waals surface area contributed by atoms with Gasteiger partial charge in [0, 0.05) is 5.56 Å². The van der Waals surface area contributed by atoms with Gasteiger partial charge in [0.2, 0.25) is 5.95 Å². The first kappa shape index (κ1) is 16.1. The van der Waals surface area contributed by atoms with Crippen LogP contribution in [0.4, 0.5) is 5.95 Å². The minimum absolute atomic E-state index is 0.243. The second kappa shape index (κ2) is 7.23. The van der Waals surface area contributed by atoms with Gasteiger partial charge in [-0.1, -0.05) is 60.3 Å². The first-order valence-corrected chi connectivity index (χ1v) is 8.62. The van der Waals surface area contributed by atoms with Crippen LogP contribution in [-0.4, -0.2) is 27.1 Å². The van der Waals surface area contributed by atoms with Crippen molar-refractivity contribution in [3.63, 3.8) is 0 Å². The lowest BCUT2D eigenvalue weighted by Gasteiger charge is -2.10. The molecule has 120 valence electrons. The Morgan fingerprint density at radius 1 is 0.958 bits per heavy atom. The number of benzene rings is 2. The lowest BCUT2D eigenvalue weighted by atomic mass is 9.99. The molecule has 5 nitrogen and oxygen atoms in total. The summed E-state index contributed by atoms with van der Waals surface area (Å²) in [6.07, 6.45) is 1.88. The zero-order valence-corrected chi connectivity index (χ0v) is 14.2. The summed E-state index contributed by atoms with van der Waals surface area (Å²) in [5, 5.41) is 3.35. The topological polar surface area (TPSA) is 67.8 Å². The summed E-state index contributed by atoms with van der Waals surface area (Å²) in [6.45, 7) is 1.77. The highest BCUT2D eigenvalue weighted by Gasteiger charge is 2.14. The van der Waals surface area contributed by atoms with E-state index in [2.05, 4.69) is 20.3 Å². The maximum absolute atomic E-state index is 12.7. The molecule has 24 heavy (non-hydrogen) atoms. The number of anilines is 1. The van der Waals surface area contributed by atoms with E-state index in [0.29, 0.717) is 16.5 Å². The fourth-order valence-electron chi connectivity index (χ4n) is 2.32. The van der Waals surface area contributed by atoms with E-state index in [1.54, 1.807) is 13.0 Å². The Labute approximate surface area is 144 Å². The predicted molar refractivity (Wildman–Crippen MR) is 96.2 cm³/mol. The highest BCUT2D eigenvalue weighted by molar-refractivity contribution is 7.98. The standard InChI is InChI=1S/C18H16N4OS/c1-12-19-17(22-18(20-12)24-2)21-16(23)15-11-7-6-10-14(15)13-8-4-3-5-9-13/h3-11H,1-2H3,(H,19,20,21,22,23). The van der Waals surface area contributed by atoms with Crippen molar-refractivity contribution in [1.29, 1.82) is 0 Å². The Kier molecular flexibility index (Phi) is 4.86. The average Bonchev–Trinajstić information content (AvgIpc) is 2.62. The molecule has 0 unspecified atom stereocenters. The molecule has 0 aliphatic heterocycles. The predicted octanol–water partition coefficient (Wildman–Crippen LogP) is 3.82. The number of amides is 1. The summed E-state index contributed by atoms with van der Waals surface area (Å²) < 4.78 is 0. The first-order valence-electron chi connectivity index (χ1n) is 7.40. The van der Waals surface area contributed by atoms with E-state index in [1.165, 1.54) is 11.8 Å². The van der Waals surface area contributed by atoms with Crippen molar-refractivity contribution in [3.05, 3.63) is 66.0 Å². The molecular formula is C18H16N4OS. The number of carbonyl (C=O) groups excluding carboxylic acids is 1. The number of nitrogens with zero attached hydrogens (tertiary/aromatic N) is 3. The monoisotopic (exact) mass is 336 g/mol. The van der Waals surface area contributed by atoms with Gasteiger partial charge in [-0.05, 0) is 30.4 Å². The van der Waals surface area contributed by atoms with Gasteiger partial charge < -0.3 is 0 Å². The van der Waals surface area contributed by atoms with Gasteiger partial charge in [0.05, 0.1) is 0 Å². The van der Waals surface area contributed by atoms with Crippen molar-refractivity contribution in [2.45, 2.75) is 12.1 Å². The zero-order chi connectivity index (χ0) is 16.9. The van der Waals surface area contributed by atoms with Crippen molar-refractivity contribution in [2.24, 2.45) is 0 Å². The summed E-state index contributed by atoms with van der Waals surface area (Å²) in [7, 11) is 0. The third kappa shape index (κ3) is 3.60. The fraction of sp³-hybridized carbons (Fsp3) is 0.111. The molecule has 0 atom stereocenters. The van der Waals surface area contributed by atoms with E-state index in [0.717, 1.165) is 11.1 Å². The molecule has 6 heteroatoms. The van der Waals surface area contributed by atoms with Crippen LogP contribution >= 0.6 is 11.8 Å². The van der Waals surface area contributed by atoms with Crippen LogP contribution in [0.25, 0.3) is 11.1 Å². The maximum atomic E-state index is 12.7. The summed E-state index contributed by atoms with van der Waals surface area (Å²) in [4.78, 5) is 25.3. The van der Waals surface area contributed by atoms with Gasteiger partial charge in [-0.2, -0.15) is 9.97 Å². The Bertz CT molecular complexity index is 868. The third-order valence-electron chi connectivity index (χ3n) is 3.39. The number of hydrogen-bond donors (Lipinski definition) is 1. The lowest BCUT2D eigenvalue weighted by molar-refractivity contribution is 0.102. The van der Waals surface area contributed by atoms with E-state index in [1.807, 2.05) is 54.8 Å². The molecule has 0 aliphatic carbocycles. The summed E-state index contributed by atoms with van der Waals surface area (Å²) >= 11 is 1.41.